The van der Waals surface area contributed by atoms with Crippen LogP contribution in [-0.4, -0.2) is 21.5 Å². The van der Waals surface area contributed by atoms with E-state index in [1.165, 1.54) is 0 Å². The van der Waals surface area contributed by atoms with Gasteiger partial charge in [0, 0.05) is 30.2 Å². The third-order valence-electron chi connectivity index (χ3n) is 4.33. The van der Waals surface area contributed by atoms with Gasteiger partial charge in [0.15, 0.2) is 11.5 Å². The van der Waals surface area contributed by atoms with Crippen molar-refractivity contribution in [1.29, 1.82) is 0 Å². The van der Waals surface area contributed by atoms with Crippen molar-refractivity contribution in [1.82, 2.24) is 14.4 Å². The van der Waals surface area contributed by atoms with Gasteiger partial charge in [-0.1, -0.05) is 23.7 Å². The molecule has 0 atom stereocenters. The second-order valence-corrected chi connectivity index (χ2v) is 6.40. The number of hydrogen-bond acceptors (Lipinski definition) is 5. The van der Waals surface area contributed by atoms with Crippen LogP contribution in [-0.2, 0) is 6.54 Å². The molecule has 6 nitrogen and oxygen atoms in total. The van der Waals surface area contributed by atoms with Crippen LogP contribution in [0, 0.1) is 0 Å². The smallest absolute Gasteiger partial charge is 0.180 e. The van der Waals surface area contributed by atoms with Crippen molar-refractivity contribution in [2.45, 2.75) is 6.54 Å². The number of halogens is 1. The van der Waals surface area contributed by atoms with Gasteiger partial charge in [-0.25, -0.2) is 9.97 Å². The minimum absolute atomic E-state index is 0.516. The van der Waals surface area contributed by atoms with E-state index in [2.05, 4.69) is 15.3 Å². The van der Waals surface area contributed by atoms with Crippen LogP contribution in [0.15, 0.2) is 61.1 Å². The number of nitrogens with zero attached hydrogens (tertiary/aromatic N) is 3. The van der Waals surface area contributed by atoms with Crippen molar-refractivity contribution >= 4 is 28.8 Å². The predicted molar refractivity (Wildman–Crippen MR) is 108 cm³/mol. The number of ether oxygens (including phenoxy) is 1. The van der Waals surface area contributed by atoms with Gasteiger partial charge in [-0.3, -0.25) is 4.40 Å². The van der Waals surface area contributed by atoms with Gasteiger partial charge in [0.05, 0.1) is 24.0 Å². The maximum Gasteiger partial charge on any atom is 0.180 e. The van der Waals surface area contributed by atoms with Crippen LogP contribution in [0.2, 0.25) is 5.02 Å². The van der Waals surface area contributed by atoms with E-state index in [1.54, 1.807) is 19.5 Å². The van der Waals surface area contributed by atoms with E-state index in [0.29, 0.717) is 23.1 Å². The molecule has 0 saturated heterocycles. The number of aromatic nitrogens is 3. The molecular weight excluding hydrogens is 362 g/mol. The topological polar surface area (TPSA) is 77.5 Å². The first-order valence-corrected chi connectivity index (χ1v) is 8.79. The lowest BCUT2D eigenvalue weighted by Gasteiger charge is -2.09. The minimum atomic E-state index is 0.516. The normalized spacial score (nSPS) is 10.9. The minimum Gasteiger partial charge on any atom is -0.495 e. The molecule has 0 unspecified atom stereocenters. The van der Waals surface area contributed by atoms with E-state index in [0.717, 1.165) is 28.2 Å². The molecule has 2 aromatic heterocycles. The number of nitrogens with two attached hydrogens (primary N) is 1. The van der Waals surface area contributed by atoms with Gasteiger partial charge in [0.25, 0.3) is 0 Å². The zero-order valence-corrected chi connectivity index (χ0v) is 15.4. The van der Waals surface area contributed by atoms with Crippen molar-refractivity contribution in [3.05, 3.63) is 71.6 Å². The lowest BCUT2D eigenvalue weighted by Crippen LogP contribution is -2.00. The summed E-state index contributed by atoms with van der Waals surface area (Å²) in [7, 11) is 1.60. The Morgan fingerprint density at radius 2 is 1.96 bits per heavy atom. The molecule has 0 radical (unpaired) electrons. The summed E-state index contributed by atoms with van der Waals surface area (Å²) >= 11 is 6.27. The first-order valence-electron chi connectivity index (χ1n) is 8.41. The maximum atomic E-state index is 6.27. The molecule has 0 spiro atoms. The van der Waals surface area contributed by atoms with Gasteiger partial charge in [0.2, 0.25) is 0 Å². The molecule has 136 valence electrons. The Hall–Kier alpha value is -3.09. The number of fused-ring (bicyclic) bond motifs is 1. The van der Waals surface area contributed by atoms with Gasteiger partial charge in [-0.2, -0.15) is 0 Å². The molecule has 4 aromatic rings. The van der Waals surface area contributed by atoms with E-state index < -0.39 is 0 Å². The van der Waals surface area contributed by atoms with Gasteiger partial charge >= 0.3 is 0 Å². The van der Waals surface area contributed by atoms with Crippen molar-refractivity contribution < 1.29 is 4.74 Å². The SMILES string of the molecule is COc1ccc(-c2cnc3c(Nc4ccc(CN)cc4)nccn23)cc1Cl. The average molecular weight is 380 g/mol. The lowest BCUT2D eigenvalue weighted by atomic mass is 10.1. The molecule has 7 heteroatoms. The van der Waals surface area contributed by atoms with Crippen molar-refractivity contribution in [2.24, 2.45) is 5.73 Å². The second-order valence-electron chi connectivity index (χ2n) is 5.99. The van der Waals surface area contributed by atoms with Gasteiger partial charge in [-0.05, 0) is 35.9 Å². The molecule has 2 heterocycles. The summed E-state index contributed by atoms with van der Waals surface area (Å²) in [5.74, 6) is 1.31. The number of anilines is 2. The van der Waals surface area contributed by atoms with E-state index in [9.17, 15) is 0 Å². The Bertz CT molecular complexity index is 1090. The standard InChI is InChI=1S/C20H18ClN5O/c1-27-18-7-4-14(10-16(18)21)17-12-24-20-19(23-8-9-26(17)20)25-15-5-2-13(11-22)3-6-15/h2-10,12H,11,22H2,1H3,(H,23,25). The highest BCUT2D eigenvalue weighted by molar-refractivity contribution is 6.32. The molecule has 2 aromatic carbocycles. The van der Waals surface area contributed by atoms with E-state index in [4.69, 9.17) is 22.1 Å². The summed E-state index contributed by atoms with van der Waals surface area (Å²) < 4.78 is 7.20. The van der Waals surface area contributed by atoms with Crippen LogP contribution >= 0.6 is 11.6 Å². The molecule has 0 fully saturated rings. The number of methoxy groups -OCH3 is 1. The summed E-state index contributed by atoms with van der Waals surface area (Å²) in [6.07, 6.45) is 5.41. The molecule has 3 N–H and O–H groups in total. The van der Waals surface area contributed by atoms with Crippen LogP contribution in [0.1, 0.15) is 5.56 Å². The van der Waals surface area contributed by atoms with Gasteiger partial charge in [0.1, 0.15) is 5.75 Å². The zero-order chi connectivity index (χ0) is 18.8. The fourth-order valence-corrected chi connectivity index (χ4v) is 3.17. The summed E-state index contributed by atoms with van der Waals surface area (Å²) in [5, 5.41) is 3.86. The van der Waals surface area contributed by atoms with E-state index >= 15 is 0 Å². The number of imidazole rings is 1. The van der Waals surface area contributed by atoms with Crippen molar-refractivity contribution in [3.63, 3.8) is 0 Å². The van der Waals surface area contributed by atoms with Gasteiger partial charge in [-0.15, -0.1) is 0 Å². The second kappa shape index (κ2) is 7.26. The summed E-state index contributed by atoms with van der Waals surface area (Å²) in [6.45, 7) is 0.516. The molecule has 0 saturated carbocycles. The Kier molecular flexibility index (Phi) is 4.66. The summed E-state index contributed by atoms with van der Waals surface area (Å²) in [4.78, 5) is 8.97. The number of nitrogens with one attached hydrogen (secondary N) is 1. The average Bonchev–Trinajstić information content (AvgIpc) is 3.14. The summed E-state index contributed by atoms with van der Waals surface area (Å²) in [6, 6.07) is 13.6. The van der Waals surface area contributed by atoms with Crippen molar-refractivity contribution in [2.75, 3.05) is 12.4 Å². The van der Waals surface area contributed by atoms with Crippen LogP contribution in [0.4, 0.5) is 11.5 Å². The molecule has 0 amide bonds. The molecule has 0 aliphatic rings. The molecular formula is C20H18ClN5O. The van der Waals surface area contributed by atoms with Crippen LogP contribution in [0.5, 0.6) is 5.75 Å². The first-order chi connectivity index (χ1) is 13.2. The third kappa shape index (κ3) is 3.32. The fourth-order valence-electron chi connectivity index (χ4n) is 2.91. The van der Waals surface area contributed by atoms with Gasteiger partial charge < -0.3 is 15.8 Å². The first kappa shape index (κ1) is 17.3. The third-order valence-corrected chi connectivity index (χ3v) is 4.62. The Morgan fingerprint density at radius 3 is 2.67 bits per heavy atom. The Balaban J connectivity index is 1.72. The van der Waals surface area contributed by atoms with Crippen LogP contribution in [0.25, 0.3) is 16.9 Å². The number of hydrogen-bond donors (Lipinski definition) is 2. The molecule has 0 bridgehead atoms. The molecule has 4 rings (SSSR count). The quantitative estimate of drug-likeness (QED) is 0.541. The zero-order valence-electron chi connectivity index (χ0n) is 14.7. The lowest BCUT2D eigenvalue weighted by molar-refractivity contribution is 0.415. The summed E-state index contributed by atoms with van der Waals surface area (Å²) in [5.41, 5.74) is 10.2. The molecule has 27 heavy (non-hydrogen) atoms. The van der Waals surface area contributed by atoms with Crippen LogP contribution < -0.4 is 15.8 Å². The maximum absolute atomic E-state index is 6.27. The Morgan fingerprint density at radius 1 is 1.15 bits per heavy atom. The Labute approximate surface area is 161 Å². The monoisotopic (exact) mass is 379 g/mol. The molecule has 0 aliphatic carbocycles. The highest BCUT2D eigenvalue weighted by Gasteiger charge is 2.12. The number of rotatable bonds is 5. The molecule has 0 aliphatic heterocycles. The number of benzene rings is 2. The largest absolute Gasteiger partial charge is 0.495 e. The highest BCUT2D eigenvalue weighted by atomic mass is 35.5. The van der Waals surface area contributed by atoms with Crippen molar-refractivity contribution in [3.8, 4) is 17.0 Å². The predicted octanol–water partition coefficient (Wildman–Crippen LogP) is 4.26. The van der Waals surface area contributed by atoms with E-state index in [1.807, 2.05) is 53.1 Å². The van der Waals surface area contributed by atoms with Crippen LogP contribution in [0.3, 0.4) is 0 Å². The highest BCUT2D eigenvalue weighted by Crippen LogP contribution is 2.31. The van der Waals surface area contributed by atoms with E-state index in [-0.39, 0.29) is 0 Å². The fraction of sp³-hybridized carbons (Fsp3) is 0.100.